The molecule has 6 heteroatoms. The Morgan fingerprint density at radius 1 is 1.27 bits per heavy atom. The van der Waals surface area contributed by atoms with E-state index in [1.54, 1.807) is 4.68 Å². The fourth-order valence-electron chi connectivity index (χ4n) is 2.59. The Labute approximate surface area is 128 Å². The van der Waals surface area contributed by atoms with E-state index in [2.05, 4.69) is 34.5 Å². The summed E-state index contributed by atoms with van der Waals surface area (Å²) in [5, 5.41) is 8.57. The first kappa shape index (κ1) is 13.1. The molecule has 0 atom stereocenters. The molecule has 0 amide bonds. The average Bonchev–Trinajstić information content (AvgIpc) is 3.25. The molecular weight excluding hydrogens is 276 g/mol. The smallest absolute Gasteiger partial charge is 0.225 e. The first-order valence-corrected chi connectivity index (χ1v) is 7.45. The van der Waals surface area contributed by atoms with Gasteiger partial charge in [0.15, 0.2) is 5.65 Å². The van der Waals surface area contributed by atoms with Crippen LogP contribution in [0, 0.1) is 6.92 Å². The Bertz CT molecular complexity index is 862. The molecule has 0 aliphatic heterocycles. The normalized spacial score (nSPS) is 14.5. The molecule has 0 bridgehead atoms. The first-order chi connectivity index (χ1) is 10.6. The maximum absolute atomic E-state index is 6.18. The Hall–Kier alpha value is -2.63. The van der Waals surface area contributed by atoms with Crippen molar-refractivity contribution >= 4 is 22.8 Å². The van der Waals surface area contributed by atoms with E-state index < -0.39 is 0 Å². The Morgan fingerprint density at radius 2 is 2.09 bits per heavy atom. The summed E-state index contributed by atoms with van der Waals surface area (Å²) in [5.74, 6) is 1.22. The third kappa shape index (κ3) is 2.16. The van der Waals surface area contributed by atoms with Crippen molar-refractivity contribution in [1.82, 2.24) is 19.7 Å². The Balaban J connectivity index is 1.96. The molecule has 4 rings (SSSR count). The van der Waals surface area contributed by atoms with Gasteiger partial charge in [0.1, 0.15) is 5.82 Å². The lowest BCUT2D eigenvalue weighted by atomic mass is 10.1. The summed E-state index contributed by atoms with van der Waals surface area (Å²) < 4.78 is 1.65. The maximum Gasteiger partial charge on any atom is 0.225 e. The zero-order valence-electron chi connectivity index (χ0n) is 12.7. The highest BCUT2D eigenvalue weighted by atomic mass is 15.3. The maximum atomic E-state index is 6.18. The molecule has 1 aliphatic rings. The van der Waals surface area contributed by atoms with Gasteiger partial charge in [-0.15, -0.1) is 0 Å². The van der Waals surface area contributed by atoms with Gasteiger partial charge in [-0.05, 0) is 25.8 Å². The number of rotatable bonds is 3. The van der Waals surface area contributed by atoms with Gasteiger partial charge >= 0.3 is 0 Å². The third-order valence-corrected chi connectivity index (χ3v) is 3.94. The SMILES string of the molecule is Cc1cccc(-c2nc(NC3CC3)nc3nn(C)c(N)c23)c1. The quantitative estimate of drug-likeness (QED) is 0.775. The molecule has 0 radical (unpaired) electrons. The van der Waals surface area contributed by atoms with Crippen LogP contribution in [0.15, 0.2) is 24.3 Å². The second-order valence-corrected chi connectivity index (χ2v) is 5.89. The summed E-state index contributed by atoms with van der Waals surface area (Å²) >= 11 is 0. The highest BCUT2D eigenvalue weighted by Gasteiger charge is 2.24. The number of hydrogen-bond acceptors (Lipinski definition) is 5. The number of aromatic nitrogens is 4. The number of nitrogens with two attached hydrogens (primary N) is 1. The van der Waals surface area contributed by atoms with Crippen LogP contribution in [0.3, 0.4) is 0 Å². The molecule has 2 aromatic heterocycles. The highest BCUT2D eigenvalue weighted by Crippen LogP contribution is 2.32. The van der Waals surface area contributed by atoms with E-state index in [9.17, 15) is 0 Å². The molecule has 22 heavy (non-hydrogen) atoms. The lowest BCUT2D eigenvalue weighted by Gasteiger charge is -2.08. The van der Waals surface area contributed by atoms with Crippen molar-refractivity contribution in [2.45, 2.75) is 25.8 Å². The van der Waals surface area contributed by atoms with Crippen LogP contribution in [0.2, 0.25) is 0 Å². The second kappa shape index (κ2) is 4.69. The van der Waals surface area contributed by atoms with Gasteiger partial charge in [-0.2, -0.15) is 10.1 Å². The summed E-state index contributed by atoms with van der Waals surface area (Å²) in [6.07, 6.45) is 2.34. The number of anilines is 2. The number of aryl methyl sites for hydroxylation is 2. The number of benzene rings is 1. The molecule has 1 aromatic carbocycles. The molecule has 1 aliphatic carbocycles. The highest BCUT2D eigenvalue weighted by molar-refractivity contribution is 5.98. The lowest BCUT2D eigenvalue weighted by Crippen LogP contribution is -2.06. The summed E-state index contributed by atoms with van der Waals surface area (Å²) in [4.78, 5) is 9.22. The molecule has 1 saturated carbocycles. The van der Waals surface area contributed by atoms with Crippen LogP contribution in [-0.4, -0.2) is 25.8 Å². The van der Waals surface area contributed by atoms with Crippen molar-refractivity contribution in [2.24, 2.45) is 7.05 Å². The van der Waals surface area contributed by atoms with Crippen LogP contribution in [0.1, 0.15) is 18.4 Å². The predicted octanol–water partition coefficient (Wildman–Crippen LogP) is 2.50. The summed E-state index contributed by atoms with van der Waals surface area (Å²) in [6.45, 7) is 2.07. The standard InChI is InChI=1S/C16H18N6/c1-9-4-3-5-10(8-9)13-12-14(17)22(2)21-15(12)20-16(19-13)18-11-6-7-11/h3-5,8,11H,6-7,17H2,1-2H3,(H,18,20,21). The fourth-order valence-corrected chi connectivity index (χ4v) is 2.59. The zero-order chi connectivity index (χ0) is 15.3. The van der Waals surface area contributed by atoms with Crippen LogP contribution in [0.5, 0.6) is 0 Å². The van der Waals surface area contributed by atoms with Crippen LogP contribution >= 0.6 is 0 Å². The monoisotopic (exact) mass is 294 g/mol. The molecule has 0 spiro atoms. The fraction of sp³-hybridized carbons (Fsp3) is 0.312. The first-order valence-electron chi connectivity index (χ1n) is 7.45. The van der Waals surface area contributed by atoms with Gasteiger partial charge in [-0.3, -0.25) is 4.68 Å². The summed E-state index contributed by atoms with van der Waals surface area (Å²) in [6, 6.07) is 8.73. The molecular formula is C16H18N6. The van der Waals surface area contributed by atoms with E-state index in [0.717, 1.165) is 16.6 Å². The summed E-state index contributed by atoms with van der Waals surface area (Å²) in [7, 11) is 1.82. The van der Waals surface area contributed by atoms with Gasteiger partial charge in [0.25, 0.3) is 0 Å². The molecule has 3 N–H and O–H groups in total. The van der Waals surface area contributed by atoms with E-state index in [1.807, 2.05) is 19.2 Å². The van der Waals surface area contributed by atoms with Gasteiger partial charge < -0.3 is 11.1 Å². The minimum Gasteiger partial charge on any atom is -0.383 e. The van der Waals surface area contributed by atoms with Crippen LogP contribution < -0.4 is 11.1 Å². The average molecular weight is 294 g/mol. The Morgan fingerprint density at radius 3 is 2.82 bits per heavy atom. The molecule has 6 nitrogen and oxygen atoms in total. The topological polar surface area (TPSA) is 81.7 Å². The minimum atomic E-state index is 0.490. The number of nitrogens with zero attached hydrogens (tertiary/aromatic N) is 4. The van der Waals surface area contributed by atoms with Crippen LogP contribution in [-0.2, 0) is 7.05 Å². The lowest BCUT2D eigenvalue weighted by molar-refractivity contribution is 0.787. The Kier molecular flexibility index (Phi) is 2.79. The summed E-state index contributed by atoms with van der Waals surface area (Å²) in [5.41, 5.74) is 9.86. The van der Waals surface area contributed by atoms with Crippen molar-refractivity contribution in [3.8, 4) is 11.3 Å². The van der Waals surface area contributed by atoms with Crippen LogP contribution in [0.25, 0.3) is 22.3 Å². The van der Waals surface area contributed by atoms with Gasteiger partial charge in [0.2, 0.25) is 5.95 Å². The largest absolute Gasteiger partial charge is 0.383 e. The van der Waals surface area contributed by atoms with Crippen molar-refractivity contribution in [1.29, 1.82) is 0 Å². The molecule has 112 valence electrons. The molecule has 0 saturated heterocycles. The molecule has 0 unspecified atom stereocenters. The van der Waals surface area contributed by atoms with Crippen molar-refractivity contribution in [3.63, 3.8) is 0 Å². The van der Waals surface area contributed by atoms with Crippen molar-refractivity contribution < 1.29 is 0 Å². The zero-order valence-corrected chi connectivity index (χ0v) is 12.7. The van der Waals surface area contributed by atoms with Gasteiger partial charge in [0.05, 0.1) is 11.1 Å². The predicted molar refractivity (Wildman–Crippen MR) is 87.5 cm³/mol. The number of fused-ring (bicyclic) bond motifs is 1. The number of hydrogen-bond donors (Lipinski definition) is 2. The van der Waals surface area contributed by atoms with Crippen molar-refractivity contribution in [2.75, 3.05) is 11.1 Å². The van der Waals surface area contributed by atoms with E-state index in [4.69, 9.17) is 10.7 Å². The minimum absolute atomic E-state index is 0.490. The molecule has 1 fully saturated rings. The van der Waals surface area contributed by atoms with Gasteiger partial charge in [0, 0.05) is 18.7 Å². The van der Waals surface area contributed by atoms with E-state index in [0.29, 0.717) is 23.5 Å². The second-order valence-electron chi connectivity index (χ2n) is 5.89. The van der Waals surface area contributed by atoms with E-state index in [-0.39, 0.29) is 0 Å². The van der Waals surface area contributed by atoms with Gasteiger partial charge in [-0.25, -0.2) is 4.98 Å². The third-order valence-electron chi connectivity index (χ3n) is 3.94. The van der Waals surface area contributed by atoms with E-state index >= 15 is 0 Å². The van der Waals surface area contributed by atoms with E-state index in [1.165, 1.54) is 18.4 Å². The van der Waals surface area contributed by atoms with Gasteiger partial charge in [-0.1, -0.05) is 23.8 Å². The van der Waals surface area contributed by atoms with Crippen molar-refractivity contribution in [3.05, 3.63) is 29.8 Å². The molecule has 3 aromatic rings. The number of nitrogen functional groups attached to an aromatic ring is 1. The molecule has 2 heterocycles. The van der Waals surface area contributed by atoms with Crippen LogP contribution in [0.4, 0.5) is 11.8 Å². The number of nitrogens with one attached hydrogen (secondary N) is 1.